The van der Waals surface area contributed by atoms with Crippen molar-refractivity contribution in [2.75, 3.05) is 11.4 Å². The quantitative estimate of drug-likeness (QED) is 0.716. The maximum Gasteiger partial charge on any atom is 0.414 e. The van der Waals surface area contributed by atoms with Gasteiger partial charge in [-0.2, -0.15) is 0 Å². The molecule has 1 heterocycles. The molecule has 16 heavy (non-hydrogen) atoms. The third-order valence-electron chi connectivity index (χ3n) is 2.55. The normalized spacial score (nSPS) is 19.8. The summed E-state index contributed by atoms with van der Waals surface area (Å²) in [5.74, 6) is 0.0175. The molecule has 1 aromatic carbocycles. The Labute approximate surface area is 93.8 Å². The third kappa shape index (κ3) is 1.91. The number of ether oxygens (including phenoxy) is 1. The van der Waals surface area contributed by atoms with Crippen LogP contribution in [0.2, 0.25) is 0 Å². The predicted octanol–water partition coefficient (Wildman–Crippen LogP) is 2.23. The molecule has 1 aliphatic heterocycles. The fraction of sp³-hybridized carbons (Fsp3) is 0.333. The maximum absolute atomic E-state index is 11.4. The van der Waals surface area contributed by atoms with E-state index in [1.807, 2.05) is 6.92 Å². The van der Waals surface area contributed by atoms with Crippen molar-refractivity contribution in [3.63, 3.8) is 0 Å². The van der Waals surface area contributed by atoms with Crippen LogP contribution in [-0.2, 0) is 4.74 Å². The fourth-order valence-corrected chi connectivity index (χ4v) is 1.69. The van der Waals surface area contributed by atoms with Crippen LogP contribution < -0.4 is 4.90 Å². The summed E-state index contributed by atoms with van der Waals surface area (Å²) in [6.45, 7) is 3.92. The average molecular weight is 219 g/mol. The Morgan fingerprint density at radius 3 is 2.44 bits per heavy atom. The van der Waals surface area contributed by atoms with Crippen LogP contribution in [0.15, 0.2) is 24.3 Å². The highest BCUT2D eigenvalue weighted by Gasteiger charge is 2.29. The first-order valence-electron chi connectivity index (χ1n) is 5.17. The lowest BCUT2D eigenvalue weighted by Gasteiger charge is -2.12. The second-order valence-corrected chi connectivity index (χ2v) is 3.91. The van der Waals surface area contributed by atoms with Crippen LogP contribution in [0.3, 0.4) is 0 Å². The molecule has 4 nitrogen and oxygen atoms in total. The molecule has 2 rings (SSSR count). The van der Waals surface area contributed by atoms with Gasteiger partial charge in [0.05, 0.1) is 6.54 Å². The molecule has 0 aromatic heterocycles. The summed E-state index contributed by atoms with van der Waals surface area (Å²) in [6, 6.07) is 6.95. The van der Waals surface area contributed by atoms with Crippen molar-refractivity contribution < 1.29 is 14.3 Å². The number of hydrogen-bond donors (Lipinski definition) is 0. The lowest BCUT2D eigenvalue weighted by Crippen LogP contribution is -2.23. The smallest absolute Gasteiger partial charge is 0.414 e. The first kappa shape index (κ1) is 10.7. The van der Waals surface area contributed by atoms with Crippen LogP contribution in [0.1, 0.15) is 24.2 Å². The van der Waals surface area contributed by atoms with Gasteiger partial charge in [-0.05, 0) is 38.1 Å². The summed E-state index contributed by atoms with van der Waals surface area (Å²) in [5, 5.41) is 0. The van der Waals surface area contributed by atoms with Gasteiger partial charge in [0.1, 0.15) is 6.10 Å². The van der Waals surface area contributed by atoms with Crippen LogP contribution in [0.4, 0.5) is 10.5 Å². The molecule has 0 bridgehead atoms. The summed E-state index contributed by atoms with van der Waals surface area (Å²) >= 11 is 0. The van der Waals surface area contributed by atoms with Crippen molar-refractivity contribution in [3.8, 4) is 0 Å². The SMILES string of the molecule is CC(=O)c1ccc(N2C[C@@H](C)OC2=O)cc1. The Kier molecular flexibility index (Phi) is 2.64. The highest BCUT2D eigenvalue weighted by Crippen LogP contribution is 2.21. The zero-order valence-corrected chi connectivity index (χ0v) is 9.27. The highest BCUT2D eigenvalue weighted by atomic mass is 16.6. The second kappa shape index (κ2) is 3.96. The first-order valence-corrected chi connectivity index (χ1v) is 5.17. The number of amides is 1. The van der Waals surface area contributed by atoms with Crippen molar-refractivity contribution >= 4 is 17.6 Å². The monoisotopic (exact) mass is 219 g/mol. The molecule has 84 valence electrons. The molecule has 0 spiro atoms. The van der Waals surface area contributed by atoms with Gasteiger partial charge in [0.15, 0.2) is 5.78 Å². The van der Waals surface area contributed by atoms with Gasteiger partial charge in [0.25, 0.3) is 0 Å². The molecular formula is C12H13NO3. The highest BCUT2D eigenvalue weighted by molar-refractivity contribution is 5.95. The fourth-order valence-electron chi connectivity index (χ4n) is 1.69. The molecular weight excluding hydrogens is 206 g/mol. The van der Waals surface area contributed by atoms with Gasteiger partial charge in [-0.15, -0.1) is 0 Å². The van der Waals surface area contributed by atoms with Gasteiger partial charge in [-0.3, -0.25) is 9.69 Å². The minimum Gasteiger partial charge on any atom is -0.444 e. The number of carbonyl (C=O) groups excluding carboxylic acids is 2. The van der Waals surface area contributed by atoms with E-state index in [0.29, 0.717) is 12.1 Å². The number of cyclic esters (lactones) is 1. The molecule has 1 aliphatic rings. The van der Waals surface area contributed by atoms with Crippen LogP contribution in [0.25, 0.3) is 0 Å². The summed E-state index contributed by atoms with van der Waals surface area (Å²) < 4.78 is 5.03. The summed E-state index contributed by atoms with van der Waals surface area (Å²) in [5.41, 5.74) is 1.41. The molecule has 0 N–H and O–H groups in total. The number of anilines is 1. The van der Waals surface area contributed by atoms with E-state index in [9.17, 15) is 9.59 Å². The summed E-state index contributed by atoms with van der Waals surface area (Å²) in [6.07, 6.45) is -0.414. The Bertz CT molecular complexity index is 424. The van der Waals surface area contributed by atoms with E-state index in [-0.39, 0.29) is 18.0 Å². The second-order valence-electron chi connectivity index (χ2n) is 3.91. The molecule has 1 saturated heterocycles. The lowest BCUT2D eigenvalue weighted by atomic mass is 10.1. The van der Waals surface area contributed by atoms with E-state index >= 15 is 0 Å². The largest absolute Gasteiger partial charge is 0.444 e. The Hall–Kier alpha value is -1.84. The van der Waals surface area contributed by atoms with Gasteiger partial charge in [0.2, 0.25) is 0 Å². The first-order chi connectivity index (χ1) is 7.58. The lowest BCUT2D eigenvalue weighted by molar-refractivity contribution is 0.101. The van der Waals surface area contributed by atoms with E-state index in [1.54, 1.807) is 29.2 Å². The molecule has 4 heteroatoms. The number of carbonyl (C=O) groups is 2. The third-order valence-corrected chi connectivity index (χ3v) is 2.55. The number of ketones is 1. The molecule has 1 atom stereocenters. The molecule has 1 fully saturated rings. The van der Waals surface area contributed by atoms with Gasteiger partial charge in [-0.1, -0.05) is 0 Å². The van der Waals surface area contributed by atoms with Crippen molar-refractivity contribution in [1.29, 1.82) is 0 Å². The van der Waals surface area contributed by atoms with Crippen LogP contribution in [0.5, 0.6) is 0 Å². The van der Waals surface area contributed by atoms with Crippen LogP contribution in [0, 0.1) is 0 Å². The number of nitrogens with zero attached hydrogens (tertiary/aromatic N) is 1. The van der Waals surface area contributed by atoms with E-state index in [4.69, 9.17) is 4.74 Å². The number of benzene rings is 1. The van der Waals surface area contributed by atoms with Crippen LogP contribution in [-0.4, -0.2) is 24.5 Å². The van der Waals surface area contributed by atoms with Gasteiger partial charge in [-0.25, -0.2) is 4.79 Å². The van der Waals surface area contributed by atoms with E-state index in [2.05, 4.69) is 0 Å². The molecule has 1 amide bonds. The van der Waals surface area contributed by atoms with E-state index < -0.39 is 0 Å². The average Bonchev–Trinajstić information content (AvgIpc) is 2.58. The summed E-state index contributed by atoms with van der Waals surface area (Å²) in [7, 11) is 0. The molecule has 0 radical (unpaired) electrons. The minimum absolute atomic E-state index is 0.0175. The molecule has 1 aromatic rings. The zero-order valence-electron chi connectivity index (χ0n) is 9.27. The maximum atomic E-state index is 11.4. The topological polar surface area (TPSA) is 46.6 Å². The number of Topliss-reactive ketones (excluding diaryl/α,β-unsaturated/α-hetero) is 1. The summed E-state index contributed by atoms with van der Waals surface area (Å²) in [4.78, 5) is 24.1. The van der Waals surface area contributed by atoms with Crippen molar-refractivity contribution in [1.82, 2.24) is 0 Å². The van der Waals surface area contributed by atoms with Gasteiger partial charge in [0, 0.05) is 11.3 Å². The zero-order chi connectivity index (χ0) is 11.7. The van der Waals surface area contributed by atoms with Crippen molar-refractivity contribution in [3.05, 3.63) is 29.8 Å². The van der Waals surface area contributed by atoms with Gasteiger partial charge >= 0.3 is 6.09 Å². The predicted molar refractivity (Wildman–Crippen MR) is 59.7 cm³/mol. The molecule has 0 saturated carbocycles. The van der Waals surface area contributed by atoms with Gasteiger partial charge < -0.3 is 4.74 Å². The van der Waals surface area contributed by atoms with Crippen molar-refractivity contribution in [2.45, 2.75) is 20.0 Å². The molecule has 0 unspecified atom stereocenters. The van der Waals surface area contributed by atoms with E-state index in [0.717, 1.165) is 5.69 Å². The Balaban J connectivity index is 2.22. The van der Waals surface area contributed by atoms with Crippen molar-refractivity contribution in [2.24, 2.45) is 0 Å². The number of rotatable bonds is 2. The number of hydrogen-bond acceptors (Lipinski definition) is 3. The van der Waals surface area contributed by atoms with Crippen LogP contribution >= 0.6 is 0 Å². The minimum atomic E-state index is -0.330. The van der Waals surface area contributed by atoms with E-state index in [1.165, 1.54) is 6.92 Å². The standard InChI is InChI=1S/C12H13NO3/c1-8-7-13(12(15)16-8)11-5-3-10(4-6-11)9(2)14/h3-6,8H,7H2,1-2H3/t8-/m1/s1. The Morgan fingerprint density at radius 1 is 1.38 bits per heavy atom. The Morgan fingerprint density at radius 2 is 2.00 bits per heavy atom. The molecule has 0 aliphatic carbocycles.